The van der Waals surface area contributed by atoms with E-state index in [1.54, 1.807) is 6.07 Å². The van der Waals surface area contributed by atoms with Crippen LogP contribution in [-0.4, -0.2) is 30.0 Å². The molecule has 130 valence electrons. The van der Waals surface area contributed by atoms with Gasteiger partial charge in [0.1, 0.15) is 5.71 Å². The highest BCUT2D eigenvalue weighted by Crippen LogP contribution is 2.34. The molecule has 25 heavy (non-hydrogen) atoms. The topological polar surface area (TPSA) is 96.4 Å². The van der Waals surface area contributed by atoms with Gasteiger partial charge in [-0.3, -0.25) is 5.41 Å². The maximum absolute atomic E-state index is 11.1. The molecule has 1 fully saturated rings. The Kier molecular flexibility index (Phi) is 5.06. The van der Waals surface area contributed by atoms with Crippen LogP contribution in [0.5, 0.6) is 0 Å². The molecule has 1 heterocycles. The fraction of sp³-hybridized carbons (Fsp3) is 0.263. The summed E-state index contributed by atoms with van der Waals surface area (Å²) in [5.41, 5.74) is 8.41. The summed E-state index contributed by atoms with van der Waals surface area (Å²) in [6.07, 6.45) is 2.03. The van der Waals surface area contributed by atoms with Crippen molar-refractivity contribution in [1.29, 1.82) is 5.41 Å². The van der Waals surface area contributed by atoms with Crippen molar-refractivity contribution in [2.45, 2.75) is 18.8 Å². The third kappa shape index (κ3) is 3.67. The number of nitrogen functional groups attached to an aromatic ring is 1. The molecule has 0 aliphatic carbocycles. The molecule has 3 rings (SSSR count). The molecule has 0 spiro atoms. The van der Waals surface area contributed by atoms with Crippen LogP contribution in [0.4, 0.5) is 5.69 Å². The van der Waals surface area contributed by atoms with Crippen LogP contribution in [-0.2, 0) is 9.53 Å². The molecule has 0 radical (unpaired) electrons. The number of carboxylic acids is 1. The lowest BCUT2D eigenvalue weighted by Crippen LogP contribution is -2.15. The van der Waals surface area contributed by atoms with Crippen molar-refractivity contribution in [3.8, 4) is 11.1 Å². The third-order valence-corrected chi connectivity index (χ3v) is 4.85. The number of hydrogen-bond acceptors (Lipinski definition) is 4. The summed E-state index contributed by atoms with van der Waals surface area (Å²) >= 11 is 6.29. The van der Waals surface area contributed by atoms with Crippen molar-refractivity contribution in [3.05, 3.63) is 52.5 Å². The molecule has 4 N–H and O–H groups in total. The van der Waals surface area contributed by atoms with E-state index < -0.39 is 11.7 Å². The zero-order chi connectivity index (χ0) is 18.0. The lowest BCUT2D eigenvalue weighted by molar-refractivity contribution is -0.129. The summed E-state index contributed by atoms with van der Waals surface area (Å²) in [4.78, 5) is 11.1. The van der Waals surface area contributed by atoms with Crippen LogP contribution in [0.3, 0.4) is 0 Å². The lowest BCUT2D eigenvalue weighted by atomic mass is 9.90. The van der Waals surface area contributed by atoms with Crippen LogP contribution >= 0.6 is 11.6 Å². The molecule has 0 bridgehead atoms. The van der Waals surface area contributed by atoms with Gasteiger partial charge in [0, 0.05) is 30.0 Å². The van der Waals surface area contributed by atoms with Gasteiger partial charge in [-0.25, -0.2) is 4.79 Å². The second-order valence-corrected chi connectivity index (χ2v) is 6.52. The molecule has 1 aliphatic heterocycles. The smallest absolute Gasteiger partial charge is 0.354 e. The van der Waals surface area contributed by atoms with E-state index >= 15 is 0 Å². The minimum atomic E-state index is -1.32. The Hall–Kier alpha value is -2.37. The third-order valence-electron chi connectivity index (χ3n) is 4.54. The van der Waals surface area contributed by atoms with E-state index in [-0.39, 0.29) is 11.3 Å². The second kappa shape index (κ2) is 7.25. The Labute approximate surface area is 150 Å². The molecule has 2 aromatic carbocycles. The molecular weight excluding hydrogens is 340 g/mol. The van der Waals surface area contributed by atoms with Gasteiger partial charge in [0.25, 0.3) is 0 Å². The fourth-order valence-electron chi connectivity index (χ4n) is 3.11. The largest absolute Gasteiger partial charge is 0.477 e. The number of halogens is 1. The van der Waals surface area contributed by atoms with Crippen LogP contribution in [0.1, 0.15) is 29.9 Å². The Balaban J connectivity index is 1.94. The highest BCUT2D eigenvalue weighted by atomic mass is 35.5. The molecule has 5 nitrogen and oxygen atoms in total. The molecular formula is C19H19ClN2O3. The van der Waals surface area contributed by atoms with E-state index in [4.69, 9.17) is 32.6 Å². The van der Waals surface area contributed by atoms with Crippen molar-refractivity contribution >= 4 is 29.0 Å². The van der Waals surface area contributed by atoms with Gasteiger partial charge >= 0.3 is 5.97 Å². The van der Waals surface area contributed by atoms with Gasteiger partial charge in [-0.1, -0.05) is 35.9 Å². The number of aliphatic carboxylic acids is 1. The zero-order valence-corrected chi connectivity index (χ0v) is 14.3. The van der Waals surface area contributed by atoms with E-state index in [2.05, 4.69) is 12.1 Å². The van der Waals surface area contributed by atoms with Crippen molar-refractivity contribution in [1.82, 2.24) is 0 Å². The molecule has 1 saturated heterocycles. The number of rotatable bonds is 4. The summed E-state index contributed by atoms with van der Waals surface area (Å²) in [5.74, 6) is -0.824. The van der Waals surface area contributed by atoms with Crippen LogP contribution < -0.4 is 5.73 Å². The highest BCUT2D eigenvalue weighted by Gasteiger charge is 2.18. The molecule has 0 unspecified atom stereocenters. The molecule has 1 aliphatic rings. The van der Waals surface area contributed by atoms with Gasteiger partial charge in [-0.2, -0.15) is 0 Å². The van der Waals surface area contributed by atoms with Gasteiger partial charge in [0.05, 0.1) is 5.02 Å². The average molecular weight is 359 g/mol. The Morgan fingerprint density at radius 2 is 1.84 bits per heavy atom. The Morgan fingerprint density at radius 1 is 1.20 bits per heavy atom. The zero-order valence-electron chi connectivity index (χ0n) is 13.6. The number of carbonyl (C=O) groups is 1. The predicted molar refractivity (Wildman–Crippen MR) is 98.6 cm³/mol. The summed E-state index contributed by atoms with van der Waals surface area (Å²) in [6, 6.07) is 11.1. The number of nitrogens with two attached hydrogens (primary N) is 1. The standard InChI is InChI=1S/C19H19ClN2O3/c20-16-10-17(21)15(18(22)19(23)24)9-14(16)13-3-1-11(2-4-13)12-5-7-25-8-6-12/h1-4,9-10,12,22H,5-8,21H2,(H,23,24). The lowest BCUT2D eigenvalue weighted by Gasteiger charge is -2.22. The minimum Gasteiger partial charge on any atom is -0.477 e. The molecule has 0 saturated carbocycles. The van der Waals surface area contributed by atoms with E-state index in [0.29, 0.717) is 16.5 Å². The van der Waals surface area contributed by atoms with Crippen LogP contribution in [0, 0.1) is 5.41 Å². The molecule has 6 heteroatoms. The first kappa shape index (κ1) is 17.5. The monoisotopic (exact) mass is 358 g/mol. The fourth-order valence-corrected chi connectivity index (χ4v) is 3.39. The summed E-state index contributed by atoms with van der Waals surface area (Å²) in [6.45, 7) is 1.58. The van der Waals surface area contributed by atoms with Crippen LogP contribution in [0.25, 0.3) is 11.1 Å². The van der Waals surface area contributed by atoms with Gasteiger partial charge in [-0.15, -0.1) is 0 Å². The summed E-state index contributed by atoms with van der Waals surface area (Å²) in [7, 11) is 0. The highest BCUT2D eigenvalue weighted by molar-refractivity contribution is 6.43. The number of nitrogens with one attached hydrogen (secondary N) is 1. The molecule has 2 aromatic rings. The second-order valence-electron chi connectivity index (χ2n) is 6.11. The van der Waals surface area contributed by atoms with E-state index in [1.165, 1.54) is 11.6 Å². The van der Waals surface area contributed by atoms with E-state index in [9.17, 15) is 4.79 Å². The number of carboxylic acid groups (broad SMARTS) is 1. The average Bonchev–Trinajstić information content (AvgIpc) is 2.62. The summed E-state index contributed by atoms with van der Waals surface area (Å²) < 4.78 is 5.40. The van der Waals surface area contributed by atoms with Gasteiger partial charge in [0.15, 0.2) is 0 Å². The Morgan fingerprint density at radius 3 is 2.44 bits per heavy atom. The number of benzene rings is 2. The normalized spacial score (nSPS) is 15.1. The maximum atomic E-state index is 11.1. The maximum Gasteiger partial charge on any atom is 0.354 e. The molecule has 0 atom stereocenters. The summed E-state index contributed by atoms with van der Waals surface area (Å²) in [5, 5.41) is 17.2. The first-order valence-electron chi connectivity index (χ1n) is 8.06. The van der Waals surface area contributed by atoms with E-state index in [1.807, 2.05) is 12.1 Å². The van der Waals surface area contributed by atoms with Crippen molar-refractivity contribution in [2.75, 3.05) is 18.9 Å². The predicted octanol–water partition coefficient (Wildman–Crippen LogP) is 3.94. The van der Waals surface area contributed by atoms with Crippen molar-refractivity contribution in [3.63, 3.8) is 0 Å². The van der Waals surface area contributed by atoms with Crippen molar-refractivity contribution in [2.24, 2.45) is 0 Å². The number of hydrogen-bond donors (Lipinski definition) is 3. The first-order chi connectivity index (χ1) is 12.0. The molecule has 0 amide bonds. The van der Waals surface area contributed by atoms with Crippen molar-refractivity contribution < 1.29 is 14.6 Å². The van der Waals surface area contributed by atoms with Gasteiger partial charge in [0.2, 0.25) is 0 Å². The van der Waals surface area contributed by atoms with Crippen LogP contribution in [0.2, 0.25) is 5.02 Å². The first-order valence-corrected chi connectivity index (χ1v) is 8.44. The Bertz CT molecular complexity index is 812. The SMILES string of the molecule is N=C(C(=O)O)c1cc(-c2ccc(C3CCOCC3)cc2)c(Cl)cc1N. The van der Waals surface area contributed by atoms with Crippen LogP contribution in [0.15, 0.2) is 36.4 Å². The quantitative estimate of drug-likeness (QED) is 0.569. The number of anilines is 1. The van der Waals surface area contributed by atoms with E-state index in [0.717, 1.165) is 31.6 Å². The van der Waals surface area contributed by atoms with Gasteiger partial charge in [-0.05, 0) is 42.0 Å². The van der Waals surface area contributed by atoms with Gasteiger partial charge < -0.3 is 15.6 Å². The minimum absolute atomic E-state index is 0.167. The molecule has 0 aromatic heterocycles. The number of ether oxygens (including phenoxy) is 1.